The SMILES string of the molecule is CCCc1cc(NC(=O)CC2COCCN2)n[nH]1. The van der Waals surface area contributed by atoms with E-state index in [4.69, 9.17) is 4.74 Å². The van der Waals surface area contributed by atoms with Crippen LogP contribution in [0.25, 0.3) is 0 Å². The van der Waals surface area contributed by atoms with E-state index < -0.39 is 0 Å². The molecule has 1 fully saturated rings. The second-order valence-electron chi connectivity index (χ2n) is 4.51. The van der Waals surface area contributed by atoms with Crippen molar-refractivity contribution in [1.82, 2.24) is 15.5 Å². The Morgan fingerprint density at radius 2 is 2.56 bits per heavy atom. The Kier molecular flexibility index (Phi) is 4.72. The third-order valence-electron chi connectivity index (χ3n) is 2.85. The van der Waals surface area contributed by atoms with Gasteiger partial charge in [0.15, 0.2) is 5.82 Å². The quantitative estimate of drug-likeness (QED) is 0.720. The van der Waals surface area contributed by atoms with Crippen LogP contribution in [0.2, 0.25) is 0 Å². The number of ether oxygens (including phenoxy) is 1. The average Bonchev–Trinajstić information content (AvgIpc) is 2.78. The molecular weight excluding hydrogens is 232 g/mol. The zero-order valence-electron chi connectivity index (χ0n) is 10.7. The summed E-state index contributed by atoms with van der Waals surface area (Å²) in [5.41, 5.74) is 1.05. The first-order chi connectivity index (χ1) is 8.78. The number of carbonyl (C=O) groups is 1. The fraction of sp³-hybridized carbons (Fsp3) is 0.667. The van der Waals surface area contributed by atoms with Crippen molar-refractivity contribution < 1.29 is 9.53 Å². The molecule has 3 N–H and O–H groups in total. The highest BCUT2D eigenvalue weighted by Gasteiger charge is 2.17. The Morgan fingerprint density at radius 1 is 1.67 bits per heavy atom. The molecule has 18 heavy (non-hydrogen) atoms. The van der Waals surface area contributed by atoms with Gasteiger partial charge in [-0.2, -0.15) is 5.10 Å². The van der Waals surface area contributed by atoms with Crippen LogP contribution in [0.4, 0.5) is 5.82 Å². The van der Waals surface area contributed by atoms with Crippen molar-refractivity contribution in [2.24, 2.45) is 0 Å². The molecule has 1 aliphatic rings. The summed E-state index contributed by atoms with van der Waals surface area (Å²) in [6.07, 6.45) is 2.41. The minimum atomic E-state index is -0.0347. The molecule has 1 aromatic heterocycles. The molecule has 0 saturated carbocycles. The van der Waals surface area contributed by atoms with Gasteiger partial charge in [0.1, 0.15) is 0 Å². The Labute approximate surface area is 106 Å². The number of nitrogens with one attached hydrogen (secondary N) is 3. The highest BCUT2D eigenvalue weighted by molar-refractivity contribution is 5.90. The Hall–Kier alpha value is -1.40. The fourth-order valence-corrected chi connectivity index (χ4v) is 1.99. The fourth-order valence-electron chi connectivity index (χ4n) is 1.99. The number of aryl methyl sites for hydroxylation is 1. The van der Waals surface area contributed by atoms with E-state index in [-0.39, 0.29) is 11.9 Å². The molecule has 6 heteroatoms. The summed E-state index contributed by atoms with van der Waals surface area (Å²) in [6.45, 7) is 4.22. The van der Waals surface area contributed by atoms with Crippen LogP contribution in [-0.2, 0) is 16.0 Å². The van der Waals surface area contributed by atoms with Crippen molar-refractivity contribution in [1.29, 1.82) is 0 Å². The lowest BCUT2D eigenvalue weighted by atomic mass is 10.2. The summed E-state index contributed by atoms with van der Waals surface area (Å²) in [7, 11) is 0. The topological polar surface area (TPSA) is 79.0 Å². The van der Waals surface area contributed by atoms with Gasteiger partial charge in [0.05, 0.1) is 13.2 Å². The number of aromatic amines is 1. The lowest BCUT2D eigenvalue weighted by molar-refractivity contribution is -0.117. The van der Waals surface area contributed by atoms with Gasteiger partial charge in [-0.3, -0.25) is 9.89 Å². The lowest BCUT2D eigenvalue weighted by Crippen LogP contribution is -2.43. The lowest BCUT2D eigenvalue weighted by Gasteiger charge is -2.22. The molecule has 0 aromatic carbocycles. The number of morpholine rings is 1. The molecule has 100 valence electrons. The van der Waals surface area contributed by atoms with E-state index in [0.29, 0.717) is 18.8 Å². The van der Waals surface area contributed by atoms with E-state index in [1.165, 1.54) is 0 Å². The van der Waals surface area contributed by atoms with Crippen molar-refractivity contribution in [2.45, 2.75) is 32.2 Å². The van der Waals surface area contributed by atoms with E-state index in [1.54, 1.807) is 0 Å². The van der Waals surface area contributed by atoms with E-state index in [9.17, 15) is 4.79 Å². The molecule has 0 aliphatic carbocycles. The van der Waals surface area contributed by atoms with E-state index in [2.05, 4.69) is 27.8 Å². The van der Waals surface area contributed by atoms with E-state index >= 15 is 0 Å². The van der Waals surface area contributed by atoms with Gasteiger partial charge in [-0.15, -0.1) is 0 Å². The van der Waals surface area contributed by atoms with E-state index in [1.807, 2.05) is 6.07 Å². The highest BCUT2D eigenvalue weighted by Crippen LogP contribution is 2.08. The van der Waals surface area contributed by atoms with Crippen LogP contribution in [0.15, 0.2) is 6.07 Å². The molecule has 1 atom stereocenters. The minimum Gasteiger partial charge on any atom is -0.378 e. The van der Waals surface area contributed by atoms with Gasteiger partial charge >= 0.3 is 0 Å². The summed E-state index contributed by atoms with van der Waals surface area (Å²) in [5.74, 6) is 0.563. The summed E-state index contributed by atoms with van der Waals surface area (Å²) in [4.78, 5) is 11.8. The Bertz CT molecular complexity index is 385. The van der Waals surface area contributed by atoms with Crippen LogP contribution >= 0.6 is 0 Å². The Morgan fingerprint density at radius 3 is 3.28 bits per heavy atom. The zero-order valence-corrected chi connectivity index (χ0v) is 10.7. The van der Waals surface area contributed by atoms with Crippen LogP contribution in [0.3, 0.4) is 0 Å². The van der Waals surface area contributed by atoms with Gasteiger partial charge in [0.25, 0.3) is 0 Å². The van der Waals surface area contributed by atoms with Gasteiger partial charge in [-0.05, 0) is 6.42 Å². The predicted molar refractivity (Wildman–Crippen MR) is 68.4 cm³/mol. The molecule has 1 aliphatic heterocycles. The zero-order chi connectivity index (χ0) is 12.8. The third kappa shape index (κ3) is 3.82. The molecule has 0 radical (unpaired) electrons. The third-order valence-corrected chi connectivity index (χ3v) is 2.85. The van der Waals surface area contributed by atoms with Gasteiger partial charge < -0.3 is 15.4 Å². The molecular formula is C12H20N4O2. The summed E-state index contributed by atoms with van der Waals surface area (Å²) in [6, 6.07) is 1.99. The predicted octanol–water partition coefficient (Wildman–Crippen LogP) is 0.679. The largest absolute Gasteiger partial charge is 0.378 e. The first-order valence-corrected chi connectivity index (χ1v) is 6.43. The second kappa shape index (κ2) is 6.51. The molecule has 1 saturated heterocycles. The average molecular weight is 252 g/mol. The molecule has 6 nitrogen and oxygen atoms in total. The number of anilines is 1. The van der Waals surface area contributed by atoms with Crippen LogP contribution in [0, 0.1) is 0 Å². The van der Waals surface area contributed by atoms with Crippen molar-refractivity contribution in [3.8, 4) is 0 Å². The molecule has 0 bridgehead atoms. The molecule has 2 heterocycles. The molecule has 1 unspecified atom stereocenters. The number of rotatable bonds is 5. The second-order valence-corrected chi connectivity index (χ2v) is 4.51. The highest BCUT2D eigenvalue weighted by atomic mass is 16.5. The summed E-state index contributed by atoms with van der Waals surface area (Å²) < 4.78 is 5.30. The number of nitrogens with zero attached hydrogens (tertiary/aromatic N) is 1. The number of aromatic nitrogens is 2. The molecule has 1 aromatic rings. The monoisotopic (exact) mass is 252 g/mol. The standard InChI is InChI=1S/C12H20N4O2/c1-2-3-9-6-11(16-15-9)14-12(17)7-10-8-18-5-4-13-10/h6,10,13H,2-5,7-8H2,1H3,(H2,14,15,16,17). The van der Waals surface area contributed by atoms with Crippen LogP contribution in [0.5, 0.6) is 0 Å². The van der Waals surface area contributed by atoms with E-state index in [0.717, 1.165) is 31.7 Å². The van der Waals surface area contributed by atoms with Gasteiger partial charge in [0, 0.05) is 30.8 Å². The molecule has 0 spiro atoms. The van der Waals surface area contributed by atoms with Crippen molar-refractivity contribution in [3.63, 3.8) is 0 Å². The smallest absolute Gasteiger partial charge is 0.227 e. The normalized spacial score (nSPS) is 19.7. The number of hydrogen-bond donors (Lipinski definition) is 3. The number of hydrogen-bond acceptors (Lipinski definition) is 4. The van der Waals surface area contributed by atoms with Gasteiger partial charge in [-0.1, -0.05) is 13.3 Å². The summed E-state index contributed by atoms with van der Waals surface area (Å²) >= 11 is 0. The maximum absolute atomic E-state index is 11.8. The first-order valence-electron chi connectivity index (χ1n) is 6.43. The first kappa shape index (κ1) is 13.0. The number of H-pyrrole nitrogens is 1. The van der Waals surface area contributed by atoms with Crippen molar-refractivity contribution in [3.05, 3.63) is 11.8 Å². The van der Waals surface area contributed by atoms with Crippen LogP contribution in [0.1, 0.15) is 25.5 Å². The Balaban J connectivity index is 1.78. The van der Waals surface area contributed by atoms with Gasteiger partial charge in [-0.25, -0.2) is 0 Å². The summed E-state index contributed by atoms with van der Waals surface area (Å²) in [5, 5.41) is 13.0. The van der Waals surface area contributed by atoms with Crippen LogP contribution < -0.4 is 10.6 Å². The van der Waals surface area contributed by atoms with Crippen molar-refractivity contribution >= 4 is 11.7 Å². The maximum Gasteiger partial charge on any atom is 0.227 e. The van der Waals surface area contributed by atoms with Gasteiger partial charge in [0.2, 0.25) is 5.91 Å². The molecule has 1 amide bonds. The number of amides is 1. The molecule has 2 rings (SSSR count). The number of carbonyl (C=O) groups excluding carboxylic acids is 1. The maximum atomic E-state index is 11.8. The van der Waals surface area contributed by atoms with Crippen molar-refractivity contribution in [2.75, 3.05) is 25.1 Å². The minimum absolute atomic E-state index is 0.0347. The van der Waals surface area contributed by atoms with Crippen LogP contribution in [-0.4, -0.2) is 41.9 Å².